The van der Waals surface area contributed by atoms with E-state index in [0.717, 1.165) is 22.3 Å². The van der Waals surface area contributed by atoms with Crippen molar-refractivity contribution >= 4 is 29.3 Å². The van der Waals surface area contributed by atoms with Gasteiger partial charge in [0.25, 0.3) is 0 Å². The van der Waals surface area contributed by atoms with Gasteiger partial charge in [-0.05, 0) is 42.2 Å². The Kier molecular flexibility index (Phi) is 11.1. The lowest BCUT2D eigenvalue weighted by molar-refractivity contribution is -0.245. The molecule has 0 aromatic heterocycles. The summed E-state index contributed by atoms with van der Waals surface area (Å²) in [6, 6.07) is 23.4. The maximum atomic E-state index is 12.8. The lowest BCUT2D eigenvalue weighted by atomic mass is 10.0. The Bertz CT molecular complexity index is 1240. The zero-order valence-electron chi connectivity index (χ0n) is 22.5. The molecular weight excluding hydrogens is 528 g/mol. The maximum absolute atomic E-state index is 12.8. The molecule has 212 valence electrons. The van der Waals surface area contributed by atoms with E-state index in [4.69, 9.17) is 9.47 Å². The predicted octanol–water partition coefficient (Wildman–Crippen LogP) is 4.77. The monoisotopic (exact) mass is 564 g/mol. The van der Waals surface area contributed by atoms with Crippen molar-refractivity contribution in [3.63, 3.8) is 0 Å². The van der Waals surface area contributed by atoms with E-state index in [1.807, 2.05) is 66.7 Å². The lowest BCUT2D eigenvalue weighted by Crippen LogP contribution is -2.43. The summed E-state index contributed by atoms with van der Waals surface area (Å²) in [6.45, 7) is 1.55. The standard InChI is InChI=1S/C31H36N2O6S/c1-21(36)28(16-22-6-3-2-4-7-22)33-31(37)32-26-9-5-8-25(17-26)30-38-27(20-40-15-14-34)18-29(39-30)24-12-10-23(19-35)11-13-24/h2-13,17,27-30,34-35H,14-16,18-20H2,1H3,(H2,32,33,37). The van der Waals surface area contributed by atoms with E-state index < -0.39 is 18.4 Å². The molecule has 4 atom stereocenters. The molecule has 3 aromatic rings. The molecule has 4 rings (SSSR count). The Balaban J connectivity index is 1.45. The molecular formula is C31H36N2O6S. The molecule has 1 heterocycles. The molecule has 8 nitrogen and oxygen atoms in total. The Morgan fingerprint density at radius 3 is 2.42 bits per heavy atom. The Labute approximate surface area is 239 Å². The van der Waals surface area contributed by atoms with Gasteiger partial charge in [-0.3, -0.25) is 4.79 Å². The Morgan fingerprint density at radius 2 is 1.73 bits per heavy atom. The number of thioether (sulfide) groups is 1. The number of hydrogen-bond acceptors (Lipinski definition) is 7. The van der Waals surface area contributed by atoms with Crippen LogP contribution in [-0.2, 0) is 27.3 Å². The first-order valence-electron chi connectivity index (χ1n) is 13.4. The minimum atomic E-state index is -0.663. The fraction of sp³-hybridized carbons (Fsp3) is 0.355. The van der Waals surface area contributed by atoms with Crippen LogP contribution in [0.15, 0.2) is 78.9 Å². The summed E-state index contributed by atoms with van der Waals surface area (Å²) in [5.74, 6) is 1.21. The molecule has 9 heteroatoms. The molecule has 1 fully saturated rings. The number of urea groups is 1. The highest BCUT2D eigenvalue weighted by Crippen LogP contribution is 2.39. The molecule has 3 aromatic carbocycles. The van der Waals surface area contributed by atoms with Crippen LogP contribution in [0.4, 0.5) is 10.5 Å². The fourth-order valence-corrected chi connectivity index (χ4v) is 5.31. The molecule has 0 saturated carbocycles. The van der Waals surface area contributed by atoms with E-state index in [0.29, 0.717) is 30.0 Å². The van der Waals surface area contributed by atoms with Crippen molar-refractivity contribution in [3.05, 3.63) is 101 Å². The number of ether oxygens (including phenoxy) is 2. The average Bonchev–Trinajstić information content (AvgIpc) is 2.97. The van der Waals surface area contributed by atoms with Gasteiger partial charge in [0.1, 0.15) is 0 Å². The number of rotatable bonds is 12. The number of carbonyl (C=O) groups is 2. The van der Waals surface area contributed by atoms with Crippen LogP contribution in [0.2, 0.25) is 0 Å². The number of aliphatic hydroxyl groups excluding tert-OH is 2. The van der Waals surface area contributed by atoms with Crippen LogP contribution in [0, 0.1) is 0 Å². The molecule has 40 heavy (non-hydrogen) atoms. The summed E-state index contributed by atoms with van der Waals surface area (Å²) in [5.41, 5.74) is 4.08. The molecule has 1 aliphatic rings. The number of amides is 2. The van der Waals surface area contributed by atoms with Crippen molar-refractivity contribution in [3.8, 4) is 0 Å². The van der Waals surface area contributed by atoms with E-state index >= 15 is 0 Å². The summed E-state index contributed by atoms with van der Waals surface area (Å²) in [6.07, 6.45) is 0.0714. The number of anilines is 1. The van der Waals surface area contributed by atoms with E-state index in [-0.39, 0.29) is 31.2 Å². The molecule has 1 saturated heterocycles. The SMILES string of the molecule is CC(=O)C(Cc1ccccc1)NC(=O)Nc1cccc(C2OC(CSCCO)CC(c3ccc(CO)cc3)O2)c1. The van der Waals surface area contributed by atoms with Crippen molar-refractivity contribution in [1.82, 2.24) is 5.32 Å². The highest BCUT2D eigenvalue weighted by molar-refractivity contribution is 7.99. The highest BCUT2D eigenvalue weighted by Gasteiger charge is 2.32. The number of aliphatic hydroxyl groups is 2. The molecule has 2 amide bonds. The average molecular weight is 565 g/mol. The smallest absolute Gasteiger partial charge is 0.319 e. The molecule has 4 N–H and O–H groups in total. The van der Waals surface area contributed by atoms with Crippen LogP contribution in [0.1, 0.15) is 48.0 Å². The quantitative estimate of drug-likeness (QED) is 0.234. The molecule has 0 bridgehead atoms. The number of ketones is 1. The number of carbonyl (C=O) groups excluding carboxylic acids is 2. The van der Waals surface area contributed by atoms with Crippen LogP contribution in [-0.4, -0.2) is 52.3 Å². The van der Waals surface area contributed by atoms with Crippen LogP contribution in [0.3, 0.4) is 0 Å². The fourth-order valence-electron chi connectivity index (χ4n) is 4.54. The first-order valence-corrected chi connectivity index (χ1v) is 14.5. The van der Waals surface area contributed by atoms with Gasteiger partial charge in [-0.25, -0.2) is 4.79 Å². The van der Waals surface area contributed by atoms with Gasteiger partial charge >= 0.3 is 6.03 Å². The Hall–Kier alpha value is -3.21. The molecule has 1 aliphatic heterocycles. The van der Waals surface area contributed by atoms with Crippen LogP contribution < -0.4 is 10.6 Å². The van der Waals surface area contributed by atoms with E-state index in [2.05, 4.69) is 10.6 Å². The van der Waals surface area contributed by atoms with Gasteiger partial charge in [0.15, 0.2) is 12.1 Å². The van der Waals surface area contributed by atoms with Gasteiger partial charge in [-0.15, -0.1) is 0 Å². The lowest BCUT2D eigenvalue weighted by Gasteiger charge is -2.36. The van der Waals surface area contributed by atoms with Gasteiger partial charge in [0.05, 0.1) is 31.5 Å². The minimum Gasteiger partial charge on any atom is -0.396 e. The molecule has 4 unspecified atom stereocenters. The summed E-state index contributed by atoms with van der Waals surface area (Å²) in [5, 5.41) is 24.2. The highest BCUT2D eigenvalue weighted by atomic mass is 32.2. The third kappa shape index (κ3) is 8.64. The van der Waals surface area contributed by atoms with Crippen molar-refractivity contribution in [1.29, 1.82) is 0 Å². The van der Waals surface area contributed by atoms with Crippen molar-refractivity contribution in [2.45, 2.75) is 50.9 Å². The summed E-state index contributed by atoms with van der Waals surface area (Å²) in [4.78, 5) is 25.0. The summed E-state index contributed by atoms with van der Waals surface area (Å²) < 4.78 is 12.7. The molecule has 0 spiro atoms. The third-order valence-electron chi connectivity index (χ3n) is 6.65. The third-order valence-corrected chi connectivity index (χ3v) is 7.73. The van der Waals surface area contributed by atoms with Crippen molar-refractivity contribution < 1.29 is 29.3 Å². The normalized spacial score (nSPS) is 19.5. The number of benzene rings is 3. The van der Waals surface area contributed by atoms with Crippen molar-refractivity contribution in [2.75, 3.05) is 23.4 Å². The van der Waals surface area contributed by atoms with Crippen LogP contribution in [0.25, 0.3) is 0 Å². The molecule has 0 aliphatic carbocycles. The molecule has 0 radical (unpaired) electrons. The summed E-state index contributed by atoms with van der Waals surface area (Å²) in [7, 11) is 0. The van der Waals surface area contributed by atoms with E-state index in [1.165, 1.54) is 6.92 Å². The van der Waals surface area contributed by atoms with Gasteiger partial charge in [0, 0.05) is 29.2 Å². The topological polar surface area (TPSA) is 117 Å². The maximum Gasteiger partial charge on any atom is 0.319 e. The number of Topliss-reactive ketones (excluding diaryl/α,β-unsaturated/α-hetero) is 1. The van der Waals surface area contributed by atoms with E-state index in [9.17, 15) is 19.8 Å². The van der Waals surface area contributed by atoms with Crippen molar-refractivity contribution in [2.24, 2.45) is 0 Å². The van der Waals surface area contributed by atoms with Gasteiger partial charge < -0.3 is 30.3 Å². The zero-order valence-corrected chi connectivity index (χ0v) is 23.3. The second kappa shape index (κ2) is 15.0. The largest absolute Gasteiger partial charge is 0.396 e. The van der Waals surface area contributed by atoms with Gasteiger partial charge in [-0.2, -0.15) is 11.8 Å². The summed E-state index contributed by atoms with van der Waals surface area (Å²) >= 11 is 1.62. The van der Waals surface area contributed by atoms with Gasteiger partial charge in [-0.1, -0.05) is 66.7 Å². The second-order valence-electron chi connectivity index (χ2n) is 9.73. The van der Waals surface area contributed by atoms with Crippen LogP contribution in [0.5, 0.6) is 0 Å². The number of nitrogens with one attached hydrogen (secondary N) is 2. The zero-order chi connectivity index (χ0) is 28.3. The first kappa shape index (κ1) is 29.8. The predicted molar refractivity (Wildman–Crippen MR) is 156 cm³/mol. The first-order chi connectivity index (χ1) is 19.4. The van der Waals surface area contributed by atoms with Gasteiger partial charge in [0.2, 0.25) is 0 Å². The van der Waals surface area contributed by atoms with E-state index in [1.54, 1.807) is 23.9 Å². The number of hydrogen-bond donors (Lipinski definition) is 4. The minimum absolute atomic E-state index is 0.0231. The Morgan fingerprint density at radius 1 is 0.950 bits per heavy atom. The second-order valence-corrected chi connectivity index (χ2v) is 10.9. The van der Waals surface area contributed by atoms with Crippen LogP contribution >= 0.6 is 11.8 Å².